The molecule has 1 amide bonds. The highest BCUT2D eigenvalue weighted by Gasteiger charge is 2.17. The normalized spacial score (nSPS) is 12.2. The van der Waals surface area contributed by atoms with Crippen LogP contribution in [0.15, 0.2) is 47.9 Å². The zero-order valence-corrected chi connectivity index (χ0v) is 12.3. The van der Waals surface area contributed by atoms with Gasteiger partial charge in [0.05, 0.1) is 12.5 Å². The topological polar surface area (TPSA) is 66.4 Å². The molecule has 114 valence electrons. The Labute approximate surface area is 130 Å². The van der Waals surface area contributed by atoms with Gasteiger partial charge in [0.1, 0.15) is 5.82 Å². The maximum Gasteiger partial charge on any atom is 0.305 e. The van der Waals surface area contributed by atoms with E-state index in [2.05, 4.69) is 5.32 Å². The van der Waals surface area contributed by atoms with Crippen molar-refractivity contribution in [3.05, 3.63) is 64.1 Å². The Hall–Kier alpha value is -2.47. The smallest absolute Gasteiger partial charge is 0.305 e. The standard InChI is InChI=1S/C16H14FNO3S/c17-12-5-2-1-4-11(12)7-8-15(19)18-13(10-16(20)21)14-6-3-9-22-14/h1-9,13H,10H2,(H,18,19)(H,20,21)/b8-7+. The van der Waals surface area contributed by atoms with Crippen LogP contribution in [0.4, 0.5) is 4.39 Å². The molecule has 2 aromatic rings. The van der Waals surface area contributed by atoms with Gasteiger partial charge in [-0.15, -0.1) is 11.3 Å². The lowest BCUT2D eigenvalue weighted by atomic mass is 10.1. The zero-order valence-electron chi connectivity index (χ0n) is 11.5. The van der Waals surface area contributed by atoms with E-state index in [-0.39, 0.29) is 6.42 Å². The number of aliphatic carboxylic acids is 1. The minimum Gasteiger partial charge on any atom is -0.481 e. The number of hydrogen-bond acceptors (Lipinski definition) is 3. The molecule has 0 saturated carbocycles. The van der Waals surface area contributed by atoms with Crippen LogP contribution in [0.25, 0.3) is 6.08 Å². The fourth-order valence-electron chi connectivity index (χ4n) is 1.88. The summed E-state index contributed by atoms with van der Waals surface area (Å²) in [6, 6.07) is 9.03. The number of carboxylic acid groups (broad SMARTS) is 1. The molecule has 2 rings (SSSR count). The third kappa shape index (κ3) is 4.53. The Morgan fingerprint density at radius 1 is 1.27 bits per heavy atom. The van der Waals surface area contributed by atoms with Gasteiger partial charge in [0.25, 0.3) is 0 Å². The number of rotatable bonds is 6. The van der Waals surface area contributed by atoms with E-state index in [0.29, 0.717) is 5.56 Å². The van der Waals surface area contributed by atoms with Crippen molar-refractivity contribution in [2.75, 3.05) is 0 Å². The SMILES string of the molecule is O=C(O)CC(NC(=O)/C=C/c1ccccc1F)c1cccs1. The Morgan fingerprint density at radius 3 is 2.68 bits per heavy atom. The number of nitrogens with one attached hydrogen (secondary N) is 1. The lowest BCUT2D eigenvalue weighted by molar-refractivity contribution is -0.137. The fourth-order valence-corrected chi connectivity index (χ4v) is 2.66. The van der Waals surface area contributed by atoms with Crippen molar-refractivity contribution in [1.29, 1.82) is 0 Å². The van der Waals surface area contributed by atoms with Crippen molar-refractivity contribution >= 4 is 29.3 Å². The molecule has 1 aromatic heterocycles. The van der Waals surface area contributed by atoms with Gasteiger partial charge >= 0.3 is 5.97 Å². The van der Waals surface area contributed by atoms with Gasteiger partial charge in [-0.3, -0.25) is 9.59 Å². The van der Waals surface area contributed by atoms with Crippen LogP contribution in [-0.2, 0) is 9.59 Å². The average molecular weight is 319 g/mol. The number of benzene rings is 1. The molecule has 6 heteroatoms. The molecule has 0 saturated heterocycles. The van der Waals surface area contributed by atoms with Crippen molar-refractivity contribution in [2.24, 2.45) is 0 Å². The predicted molar refractivity (Wildman–Crippen MR) is 82.9 cm³/mol. The van der Waals surface area contributed by atoms with Crippen LogP contribution in [0.5, 0.6) is 0 Å². The zero-order chi connectivity index (χ0) is 15.9. The summed E-state index contributed by atoms with van der Waals surface area (Å²) < 4.78 is 13.4. The number of carbonyl (C=O) groups excluding carboxylic acids is 1. The highest BCUT2D eigenvalue weighted by molar-refractivity contribution is 7.10. The van der Waals surface area contributed by atoms with Crippen LogP contribution >= 0.6 is 11.3 Å². The van der Waals surface area contributed by atoms with E-state index >= 15 is 0 Å². The van der Waals surface area contributed by atoms with Crippen molar-refractivity contribution in [1.82, 2.24) is 5.32 Å². The van der Waals surface area contributed by atoms with Crippen molar-refractivity contribution in [3.8, 4) is 0 Å². The summed E-state index contributed by atoms with van der Waals surface area (Å²) >= 11 is 1.37. The van der Waals surface area contributed by atoms with Crippen LogP contribution in [0.3, 0.4) is 0 Å². The van der Waals surface area contributed by atoms with E-state index in [1.807, 2.05) is 5.38 Å². The summed E-state index contributed by atoms with van der Waals surface area (Å²) in [5, 5.41) is 13.4. The maximum absolute atomic E-state index is 13.4. The van der Waals surface area contributed by atoms with Crippen LogP contribution in [0, 0.1) is 5.82 Å². The molecule has 1 heterocycles. The number of halogens is 1. The summed E-state index contributed by atoms with van der Waals surface area (Å²) in [5.41, 5.74) is 0.295. The second kappa shape index (κ2) is 7.51. The van der Waals surface area contributed by atoms with E-state index < -0.39 is 23.7 Å². The largest absolute Gasteiger partial charge is 0.481 e. The van der Waals surface area contributed by atoms with Gasteiger partial charge in [0.2, 0.25) is 5.91 Å². The maximum atomic E-state index is 13.4. The molecule has 2 N–H and O–H groups in total. The van der Waals surface area contributed by atoms with Gasteiger partial charge in [-0.1, -0.05) is 24.3 Å². The molecule has 0 fully saturated rings. The van der Waals surface area contributed by atoms with Crippen LogP contribution < -0.4 is 5.32 Å². The monoisotopic (exact) mass is 319 g/mol. The molecule has 0 aliphatic heterocycles. The summed E-state index contributed by atoms with van der Waals surface area (Å²) in [7, 11) is 0. The molecule has 4 nitrogen and oxygen atoms in total. The molecule has 0 bridgehead atoms. The molecule has 22 heavy (non-hydrogen) atoms. The lowest BCUT2D eigenvalue weighted by Gasteiger charge is -2.14. The molecule has 1 aromatic carbocycles. The molecule has 1 unspecified atom stereocenters. The molecule has 0 aliphatic rings. The minimum absolute atomic E-state index is 0.209. The second-order valence-corrected chi connectivity index (χ2v) is 5.51. The van der Waals surface area contributed by atoms with Gasteiger partial charge in [0, 0.05) is 16.5 Å². The van der Waals surface area contributed by atoms with Gasteiger partial charge < -0.3 is 10.4 Å². The third-order valence-corrected chi connectivity index (χ3v) is 3.89. The van der Waals surface area contributed by atoms with E-state index in [4.69, 9.17) is 5.11 Å². The number of carboxylic acids is 1. The van der Waals surface area contributed by atoms with Crippen molar-refractivity contribution in [2.45, 2.75) is 12.5 Å². The molecule has 0 radical (unpaired) electrons. The molecule has 1 atom stereocenters. The molecule has 0 spiro atoms. The predicted octanol–water partition coefficient (Wildman–Crippen LogP) is 3.23. The highest BCUT2D eigenvalue weighted by atomic mass is 32.1. The van der Waals surface area contributed by atoms with E-state index in [1.165, 1.54) is 29.6 Å². The van der Waals surface area contributed by atoms with E-state index in [1.54, 1.807) is 30.3 Å². The van der Waals surface area contributed by atoms with Gasteiger partial charge in [-0.05, 0) is 23.6 Å². The van der Waals surface area contributed by atoms with Gasteiger partial charge in [-0.25, -0.2) is 4.39 Å². The lowest BCUT2D eigenvalue weighted by Crippen LogP contribution is -2.28. The summed E-state index contributed by atoms with van der Waals surface area (Å²) in [5.74, 6) is -1.90. The fraction of sp³-hybridized carbons (Fsp3) is 0.125. The van der Waals surface area contributed by atoms with E-state index in [9.17, 15) is 14.0 Å². The van der Waals surface area contributed by atoms with Gasteiger partial charge in [0.15, 0.2) is 0 Å². The number of thiophene rings is 1. The summed E-state index contributed by atoms with van der Waals surface area (Å²) in [6.45, 7) is 0. The van der Waals surface area contributed by atoms with Gasteiger partial charge in [-0.2, -0.15) is 0 Å². The first kappa shape index (κ1) is 15.9. The van der Waals surface area contributed by atoms with Crippen LogP contribution in [0.2, 0.25) is 0 Å². The van der Waals surface area contributed by atoms with E-state index in [0.717, 1.165) is 4.88 Å². The van der Waals surface area contributed by atoms with Crippen molar-refractivity contribution < 1.29 is 19.1 Å². The minimum atomic E-state index is -1.00. The third-order valence-electron chi connectivity index (χ3n) is 2.90. The number of hydrogen-bond donors (Lipinski definition) is 2. The second-order valence-electron chi connectivity index (χ2n) is 4.53. The Morgan fingerprint density at radius 2 is 2.05 bits per heavy atom. The quantitative estimate of drug-likeness (QED) is 0.803. The molecular formula is C16H14FNO3S. The van der Waals surface area contributed by atoms with Crippen molar-refractivity contribution in [3.63, 3.8) is 0 Å². The number of amides is 1. The first-order valence-corrected chi connectivity index (χ1v) is 7.42. The summed E-state index contributed by atoms with van der Waals surface area (Å²) in [6.07, 6.45) is 2.34. The highest BCUT2D eigenvalue weighted by Crippen LogP contribution is 2.22. The average Bonchev–Trinajstić information content (AvgIpc) is 2.99. The Balaban J connectivity index is 2.05. The Kier molecular flexibility index (Phi) is 5.43. The van der Waals surface area contributed by atoms with Crippen LogP contribution in [0.1, 0.15) is 22.9 Å². The molecule has 0 aliphatic carbocycles. The first-order chi connectivity index (χ1) is 10.6. The first-order valence-electron chi connectivity index (χ1n) is 6.54. The summed E-state index contributed by atoms with van der Waals surface area (Å²) in [4.78, 5) is 23.6. The Bertz CT molecular complexity index is 682. The number of carbonyl (C=O) groups is 2. The van der Waals surface area contributed by atoms with Crippen LogP contribution in [-0.4, -0.2) is 17.0 Å². The molecular weight excluding hydrogens is 305 g/mol.